The molecular weight excluding hydrogens is 242 g/mol. The molecule has 2 aromatic rings. The highest BCUT2D eigenvalue weighted by Gasteiger charge is 2.22. The summed E-state index contributed by atoms with van der Waals surface area (Å²) in [5, 5.41) is 0.820. The van der Waals surface area contributed by atoms with Crippen molar-refractivity contribution in [1.82, 2.24) is 0 Å². The van der Waals surface area contributed by atoms with Crippen LogP contribution in [0.5, 0.6) is 0 Å². The summed E-state index contributed by atoms with van der Waals surface area (Å²) < 4.78 is 0. The van der Waals surface area contributed by atoms with E-state index in [1.54, 1.807) is 0 Å². The fraction of sp³-hybridized carbons (Fsp3) is 0.250. The van der Waals surface area contributed by atoms with Gasteiger partial charge in [-0.3, -0.25) is 0 Å². The first-order valence-corrected chi connectivity index (χ1v) is 6.63. The molecule has 0 spiro atoms. The Hall–Kier alpha value is -1.47. The Kier molecular flexibility index (Phi) is 2.79. The summed E-state index contributed by atoms with van der Waals surface area (Å²) >= 11 is 6.12. The third-order valence-electron chi connectivity index (χ3n) is 3.79. The number of hydrogen-bond donors (Lipinski definition) is 0. The minimum atomic E-state index is 0.415. The highest BCUT2D eigenvalue weighted by molar-refractivity contribution is 6.30. The second-order valence-corrected chi connectivity index (χ2v) is 5.42. The number of nitrogens with zero attached hydrogens (tertiary/aromatic N) is 1. The average Bonchev–Trinajstić information content (AvgIpc) is 2.47. The van der Waals surface area contributed by atoms with Gasteiger partial charge in [0.25, 0.3) is 0 Å². The highest BCUT2D eigenvalue weighted by Crippen LogP contribution is 2.38. The van der Waals surface area contributed by atoms with Crippen molar-refractivity contribution in [3.05, 3.63) is 64.2 Å². The van der Waals surface area contributed by atoms with Crippen LogP contribution in [0.4, 0.5) is 5.69 Å². The SMILES string of the molecule is CC1c2ccc(Cl)cc2CN(C)c2ccccc21. The maximum absolute atomic E-state index is 6.12. The summed E-state index contributed by atoms with van der Waals surface area (Å²) in [7, 11) is 2.14. The number of benzene rings is 2. The van der Waals surface area contributed by atoms with E-state index in [2.05, 4.69) is 55.3 Å². The van der Waals surface area contributed by atoms with Crippen LogP contribution >= 0.6 is 11.6 Å². The molecule has 0 saturated carbocycles. The van der Waals surface area contributed by atoms with Gasteiger partial charge in [0.15, 0.2) is 0 Å². The second-order valence-electron chi connectivity index (χ2n) is 4.98. The lowest BCUT2D eigenvalue weighted by atomic mass is 9.90. The van der Waals surface area contributed by atoms with Crippen LogP contribution in [-0.4, -0.2) is 7.05 Å². The van der Waals surface area contributed by atoms with Gasteiger partial charge in [0.2, 0.25) is 0 Å². The van der Waals surface area contributed by atoms with E-state index in [0.29, 0.717) is 5.92 Å². The predicted octanol–water partition coefficient (Wildman–Crippen LogP) is 4.44. The van der Waals surface area contributed by atoms with E-state index in [1.165, 1.54) is 22.4 Å². The van der Waals surface area contributed by atoms with E-state index in [-0.39, 0.29) is 0 Å². The number of fused-ring (bicyclic) bond motifs is 2. The van der Waals surface area contributed by atoms with Crippen LogP contribution in [-0.2, 0) is 6.54 Å². The van der Waals surface area contributed by atoms with Crippen molar-refractivity contribution >= 4 is 17.3 Å². The third kappa shape index (κ3) is 1.79. The largest absolute Gasteiger partial charge is 0.370 e. The Balaban J connectivity index is 2.21. The Labute approximate surface area is 113 Å². The van der Waals surface area contributed by atoms with Crippen molar-refractivity contribution in [3.63, 3.8) is 0 Å². The van der Waals surface area contributed by atoms with E-state index in [1.807, 2.05) is 6.07 Å². The molecule has 1 aliphatic heterocycles. The van der Waals surface area contributed by atoms with Gasteiger partial charge in [-0.2, -0.15) is 0 Å². The topological polar surface area (TPSA) is 3.24 Å². The molecule has 1 aliphatic rings. The lowest BCUT2D eigenvalue weighted by Crippen LogP contribution is -2.16. The summed E-state index contributed by atoms with van der Waals surface area (Å²) in [5.74, 6) is 0.415. The van der Waals surface area contributed by atoms with E-state index >= 15 is 0 Å². The molecule has 0 amide bonds. The smallest absolute Gasteiger partial charge is 0.0429 e. The average molecular weight is 258 g/mol. The summed E-state index contributed by atoms with van der Waals surface area (Å²) in [6.45, 7) is 3.18. The maximum Gasteiger partial charge on any atom is 0.0429 e. The van der Waals surface area contributed by atoms with Gasteiger partial charge >= 0.3 is 0 Å². The van der Waals surface area contributed by atoms with Gasteiger partial charge in [-0.05, 0) is 34.9 Å². The third-order valence-corrected chi connectivity index (χ3v) is 4.03. The molecule has 1 unspecified atom stereocenters. The lowest BCUT2D eigenvalue weighted by molar-refractivity contribution is 0.911. The highest BCUT2D eigenvalue weighted by atomic mass is 35.5. The number of halogens is 1. The Morgan fingerprint density at radius 2 is 1.89 bits per heavy atom. The fourth-order valence-electron chi connectivity index (χ4n) is 2.84. The number of anilines is 1. The van der Waals surface area contributed by atoms with Gasteiger partial charge in [0.1, 0.15) is 0 Å². The first kappa shape index (κ1) is 11.6. The minimum absolute atomic E-state index is 0.415. The quantitative estimate of drug-likeness (QED) is 0.674. The molecule has 2 heteroatoms. The van der Waals surface area contributed by atoms with Gasteiger partial charge < -0.3 is 4.90 Å². The monoisotopic (exact) mass is 257 g/mol. The fourth-order valence-corrected chi connectivity index (χ4v) is 3.04. The van der Waals surface area contributed by atoms with Crippen molar-refractivity contribution < 1.29 is 0 Å². The summed E-state index contributed by atoms with van der Waals surface area (Å²) in [5.41, 5.74) is 5.42. The lowest BCUT2D eigenvalue weighted by Gasteiger charge is -2.20. The molecule has 0 fully saturated rings. The molecule has 18 heavy (non-hydrogen) atoms. The summed E-state index contributed by atoms with van der Waals surface area (Å²) in [6.07, 6.45) is 0. The molecule has 0 N–H and O–H groups in total. The van der Waals surface area contributed by atoms with Crippen molar-refractivity contribution in [2.75, 3.05) is 11.9 Å². The van der Waals surface area contributed by atoms with Gasteiger partial charge in [-0.1, -0.05) is 42.8 Å². The van der Waals surface area contributed by atoms with Crippen LogP contribution in [0.3, 0.4) is 0 Å². The van der Waals surface area contributed by atoms with Crippen LogP contribution in [0.25, 0.3) is 0 Å². The summed E-state index contributed by atoms with van der Waals surface area (Å²) in [4.78, 5) is 2.30. The Bertz CT molecular complexity index is 591. The molecule has 0 bridgehead atoms. The van der Waals surface area contributed by atoms with Crippen LogP contribution in [0.2, 0.25) is 5.02 Å². The zero-order valence-electron chi connectivity index (χ0n) is 10.7. The zero-order valence-corrected chi connectivity index (χ0v) is 11.4. The predicted molar refractivity (Wildman–Crippen MR) is 77.5 cm³/mol. The molecule has 92 valence electrons. The number of hydrogen-bond acceptors (Lipinski definition) is 1. The molecule has 0 radical (unpaired) electrons. The van der Waals surface area contributed by atoms with E-state index in [4.69, 9.17) is 11.6 Å². The van der Waals surface area contributed by atoms with Crippen LogP contribution < -0.4 is 4.90 Å². The standard InChI is InChI=1S/C16H16ClN/c1-11-14-8-7-13(17)9-12(14)10-18(2)16-6-4-3-5-15(11)16/h3-9,11H,10H2,1-2H3. The molecule has 1 atom stereocenters. The zero-order chi connectivity index (χ0) is 12.7. The van der Waals surface area contributed by atoms with Crippen molar-refractivity contribution in [3.8, 4) is 0 Å². The molecule has 3 rings (SSSR count). The van der Waals surface area contributed by atoms with Crippen molar-refractivity contribution in [1.29, 1.82) is 0 Å². The number of rotatable bonds is 0. The Morgan fingerprint density at radius 3 is 2.72 bits per heavy atom. The Morgan fingerprint density at radius 1 is 1.11 bits per heavy atom. The first-order valence-electron chi connectivity index (χ1n) is 6.25. The van der Waals surface area contributed by atoms with Crippen LogP contribution in [0, 0.1) is 0 Å². The molecule has 2 aromatic carbocycles. The minimum Gasteiger partial charge on any atom is -0.370 e. The molecule has 0 aliphatic carbocycles. The normalized spacial score (nSPS) is 17.9. The van der Waals surface area contributed by atoms with Gasteiger partial charge in [0.05, 0.1) is 0 Å². The van der Waals surface area contributed by atoms with Crippen molar-refractivity contribution in [2.24, 2.45) is 0 Å². The molecule has 1 heterocycles. The molecular formula is C16H16ClN. The molecule has 0 saturated heterocycles. The maximum atomic E-state index is 6.12. The van der Waals surface area contributed by atoms with Crippen LogP contribution in [0.15, 0.2) is 42.5 Å². The van der Waals surface area contributed by atoms with Gasteiger partial charge in [0, 0.05) is 30.2 Å². The van der Waals surface area contributed by atoms with E-state index in [0.717, 1.165) is 11.6 Å². The van der Waals surface area contributed by atoms with Crippen molar-refractivity contribution in [2.45, 2.75) is 19.4 Å². The molecule has 0 aromatic heterocycles. The summed E-state index contributed by atoms with van der Waals surface area (Å²) in [6, 6.07) is 14.9. The molecule has 1 nitrogen and oxygen atoms in total. The van der Waals surface area contributed by atoms with Gasteiger partial charge in [-0.15, -0.1) is 0 Å². The van der Waals surface area contributed by atoms with E-state index < -0.39 is 0 Å². The van der Waals surface area contributed by atoms with Crippen LogP contribution in [0.1, 0.15) is 29.5 Å². The number of para-hydroxylation sites is 1. The second kappa shape index (κ2) is 4.33. The first-order chi connectivity index (χ1) is 8.66. The van der Waals surface area contributed by atoms with E-state index in [9.17, 15) is 0 Å². The van der Waals surface area contributed by atoms with Gasteiger partial charge in [-0.25, -0.2) is 0 Å².